The van der Waals surface area contributed by atoms with E-state index in [1.807, 2.05) is 4.90 Å². The van der Waals surface area contributed by atoms with Crippen LogP contribution in [-0.2, 0) is 12.7 Å². The first kappa shape index (κ1) is 15.1. The third-order valence-electron chi connectivity index (χ3n) is 4.21. The molecule has 0 atom stereocenters. The van der Waals surface area contributed by atoms with Crippen LogP contribution in [0.25, 0.3) is 0 Å². The van der Waals surface area contributed by atoms with Crippen molar-refractivity contribution in [2.24, 2.45) is 5.41 Å². The van der Waals surface area contributed by atoms with Crippen LogP contribution in [-0.4, -0.2) is 47.2 Å². The van der Waals surface area contributed by atoms with Crippen LogP contribution in [0, 0.1) is 11.2 Å². The van der Waals surface area contributed by atoms with Gasteiger partial charge < -0.3 is 10.0 Å². The van der Waals surface area contributed by atoms with Gasteiger partial charge in [0, 0.05) is 38.1 Å². The molecule has 1 aromatic rings. The maximum Gasteiger partial charge on any atom is 0.416 e. The highest BCUT2D eigenvalue weighted by Gasteiger charge is 2.53. The number of alkyl halides is 3. The number of carboxylic acid groups (broad SMARTS) is 1. The first-order chi connectivity index (χ1) is 10.2. The molecule has 1 N–H and O–H groups in total. The van der Waals surface area contributed by atoms with Gasteiger partial charge in [-0.3, -0.25) is 4.90 Å². The summed E-state index contributed by atoms with van der Waals surface area (Å²) in [6.45, 7) is 2.06. The van der Waals surface area contributed by atoms with Crippen LogP contribution in [0.3, 0.4) is 0 Å². The van der Waals surface area contributed by atoms with E-state index in [-0.39, 0.29) is 17.5 Å². The average Bonchev–Trinajstić information content (AvgIpc) is 2.30. The number of hydrogen-bond acceptors (Lipinski definition) is 2. The fourth-order valence-electron chi connectivity index (χ4n) is 3.30. The smallest absolute Gasteiger partial charge is 0.416 e. The molecule has 1 spiro atoms. The average molecular weight is 318 g/mol. The van der Waals surface area contributed by atoms with Gasteiger partial charge in [0.25, 0.3) is 0 Å². The molecule has 120 valence electrons. The Kier molecular flexibility index (Phi) is 3.32. The number of halogens is 4. The van der Waals surface area contributed by atoms with Crippen molar-refractivity contribution in [2.75, 3.05) is 26.2 Å². The van der Waals surface area contributed by atoms with Crippen LogP contribution in [0.5, 0.6) is 0 Å². The second-order valence-corrected chi connectivity index (χ2v) is 6.08. The molecule has 0 bridgehead atoms. The van der Waals surface area contributed by atoms with E-state index in [0.717, 1.165) is 12.1 Å². The van der Waals surface area contributed by atoms with E-state index in [4.69, 9.17) is 5.11 Å². The molecule has 1 aromatic carbocycles. The predicted molar refractivity (Wildman–Crippen MR) is 68.7 cm³/mol. The molecular formula is C14H14F4N2O2. The summed E-state index contributed by atoms with van der Waals surface area (Å²) in [4.78, 5) is 13.8. The summed E-state index contributed by atoms with van der Waals surface area (Å²) in [5, 5.41) is 8.79. The second kappa shape index (κ2) is 4.84. The van der Waals surface area contributed by atoms with E-state index in [2.05, 4.69) is 0 Å². The third kappa shape index (κ3) is 2.63. The van der Waals surface area contributed by atoms with Crippen LogP contribution >= 0.6 is 0 Å². The van der Waals surface area contributed by atoms with Crippen LogP contribution in [0.15, 0.2) is 18.2 Å². The quantitative estimate of drug-likeness (QED) is 0.853. The van der Waals surface area contributed by atoms with Crippen molar-refractivity contribution in [3.8, 4) is 0 Å². The predicted octanol–water partition coefficient (Wildman–Crippen LogP) is 2.64. The molecule has 2 heterocycles. The lowest BCUT2D eigenvalue weighted by atomic mass is 9.73. The highest BCUT2D eigenvalue weighted by molar-refractivity contribution is 5.66. The molecule has 0 unspecified atom stereocenters. The van der Waals surface area contributed by atoms with E-state index in [0.29, 0.717) is 32.2 Å². The topological polar surface area (TPSA) is 43.8 Å². The van der Waals surface area contributed by atoms with Crippen molar-refractivity contribution in [1.82, 2.24) is 9.80 Å². The first-order valence-electron chi connectivity index (χ1n) is 6.74. The van der Waals surface area contributed by atoms with Gasteiger partial charge in [-0.25, -0.2) is 9.18 Å². The molecule has 1 amide bonds. The van der Waals surface area contributed by atoms with Gasteiger partial charge in [-0.15, -0.1) is 0 Å². The standard InChI is InChI=1S/C14H14F4N2O2/c15-10-2-1-9(11(3-10)14(16,17)18)4-19-5-13(6-19)7-20(8-13)12(21)22/h1-3H,4-8H2,(H,21,22). The number of rotatable bonds is 2. The lowest BCUT2D eigenvalue weighted by Gasteiger charge is -2.59. The molecule has 22 heavy (non-hydrogen) atoms. The highest BCUT2D eigenvalue weighted by atomic mass is 19.4. The van der Waals surface area contributed by atoms with Crippen LogP contribution in [0.1, 0.15) is 11.1 Å². The Morgan fingerprint density at radius 3 is 2.41 bits per heavy atom. The summed E-state index contributed by atoms with van der Waals surface area (Å²) < 4.78 is 51.8. The van der Waals surface area contributed by atoms with Crippen molar-refractivity contribution < 1.29 is 27.5 Å². The largest absolute Gasteiger partial charge is 0.465 e. The van der Waals surface area contributed by atoms with E-state index >= 15 is 0 Å². The van der Waals surface area contributed by atoms with Crippen molar-refractivity contribution in [1.29, 1.82) is 0 Å². The minimum atomic E-state index is -4.59. The summed E-state index contributed by atoms with van der Waals surface area (Å²) in [5.74, 6) is -0.910. The fraction of sp³-hybridized carbons (Fsp3) is 0.500. The summed E-state index contributed by atoms with van der Waals surface area (Å²) in [7, 11) is 0. The molecule has 2 saturated heterocycles. The molecule has 2 aliphatic rings. The van der Waals surface area contributed by atoms with E-state index < -0.39 is 23.7 Å². The Hall–Kier alpha value is -1.83. The van der Waals surface area contributed by atoms with Crippen LogP contribution < -0.4 is 0 Å². The van der Waals surface area contributed by atoms with Crippen molar-refractivity contribution in [3.05, 3.63) is 35.1 Å². The molecule has 0 radical (unpaired) electrons. The zero-order valence-corrected chi connectivity index (χ0v) is 11.5. The number of nitrogens with zero attached hydrogens (tertiary/aromatic N) is 2. The van der Waals surface area contributed by atoms with Gasteiger partial charge in [-0.2, -0.15) is 13.2 Å². The maximum absolute atomic E-state index is 13.0. The van der Waals surface area contributed by atoms with Crippen molar-refractivity contribution >= 4 is 6.09 Å². The van der Waals surface area contributed by atoms with Gasteiger partial charge in [-0.1, -0.05) is 6.07 Å². The Morgan fingerprint density at radius 1 is 1.23 bits per heavy atom. The minimum Gasteiger partial charge on any atom is -0.465 e. The van der Waals surface area contributed by atoms with Crippen molar-refractivity contribution in [2.45, 2.75) is 12.7 Å². The monoisotopic (exact) mass is 318 g/mol. The van der Waals surface area contributed by atoms with E-state index in [9.17, 15) is 22.4 Å². The zero-order valence-electron chi connectivity index (χ0n) is 11.5. The molecule has 2 aliphatic heterocycles. The fourth-order valence-corrected chi connectivity index (χ4v) is 3.30. The summed E-state index contributed by atoms with van der Waals surface area (Å²) in [6, 6.07) is 2.70. The lowest BCUT2D eigenvalue weighted by Crippen LogP contribution is -2.72. The van der Waals surface area contributed by atoms with Crippen molar-refractivity contribution in [3.63, 3.8) is 0 Å². The number of likely N-dealkylation sites (tertiary alicyclic amines) is 2. The lowest BCUT2D eigenvalue weighted by molar-refractivity contribution is -0.140. The SMILES string of the molecule is O=C(O)N1CC2(CN(Cc3ccc(F)cc3C(F)(F)F)C2)C1. The van der Waals surface area contributed by atoms with E-state index in [1.165, 1.54) is 4.90 Å². The number of amides is 1. The Morgan fingerprint density at radius 2 is 1.86 bits per heavy atom. The normalized spacial score (nSPS) is 20.6. The zero-order chi connectivity index (χ0) is 16.1. The van der Waals surface area contributed by atoms with Gasteiger partial charge in [0.1, 0.15) is 5.82 Å². The molecule has 3 rings (SSSR count). The molecule has 0 aliphatic carbocycles. The minimum absolute atomic E-state index is 0.0400. The maximum atomic E-state index is 13.0. The Balaban J connectivity index is 1.63. The summed E-state index contributed by atoms with van der Waals surface area (Å²) in [6.07, 6.45) is -5.56. The van der Waals surface area contributed by atoms with Crippen LogP contribution in [0.4, 0.5) is 22.4 Å². The molecule has 0 saturated carbocycles. The van der Waals surface area contributed by atoms with Gasteiger partial charge in [0.15, 0.2) is 0 Å². The van der Waals surface area contributed by atoms with Gasteiger partial charge in [-0.05, 0) is 17.7 Å². The van der Waals surface area contributed by atoms with Gasteiger partial charge in [0.2, 0.25) is 0 Å². The summed E-state index contributed by atoms with van der Waals surface area (Å²) >= 11 is 0. The number of carbonyl (C=O) groups is 1. The molecule has 4 nitrogen and oxygen atoms in total. The highest BCUT2D eigenvalue weighted by Crippen LogP contribution is 2.41. The molecule has 2 fully saturated rings. The molecule has 0 aromatic heterocycles. The van der Waals surface area contributed by atoms with Crippen LogP contribution in [0.2, 0.25) is 0 Å². The Bertz CT molecular complexity index is 603. The third-order valence-corrected chi connectivity index (χ3v) is 4.21. The molecule has 8 heteroatoms. The van der Waals surface area contributed by atoms with E-state index in [1.54, 1.807) is 0 Å². The van der Waals surface area contributed by atoms with Gasteiger partial charge in [0.05, 0.1) is 5.56 Å². The molecular weight excluding hydrogens is 304 g/mol. The number of hydrogen-bond donors (Lipinski definition) is 1. The Labute approximate surface area is 123 Å². The van der Waals surface area contributed by atoms with Gasteiger partial charge >= 0.3 is 12.3 Å². The second-order valence-electron chi connectivity index (χ2n) is 6.08. The first-order valence-corrected chi connectivity index (χ1v) is 6.74. The number of benzene rings is 1. The summed E-state index contributed by atoms with van der Waals surface area (Å²) in [5.41, 5.74) is -1.02.